The van der Waals surface area contributed by atoms with E-state index in [-0.39, 0.29) is 24.0 Å². The second-order valence-corrected chi connectivity index (χ2v) is 7.65. The van der Waals surface area contributed by atoms with Crippen LogP contribution in [0.1, 0.15) is 64.0 Å². The first-order valence-corrected chi connectivity index (χ1v) is 9.85. The quantitative estimate of drug-likeness (QED) is 0.282. The van der Waals surface area contributed by atoms with E-state index in [4.69, 9.17) is 4.99 Å². The highest BCUT2D eigenvalue weighted by Crippen LogP contribution is 2.28. The Morgan fingerprint density at radius 3 is 2.54 bits per heavy atom. The molecule has 0 aromatic carbocycles. The van der Waals surface area contributed by atoms with Crippen LogP contribution in [0.25, 0.3) is 0 Å². The van der Waals surface area contributed by atoms with E-state index >= 15 is 0 Å². The largest absolute Gasteiger partial charge is 0.356 e. The first-order valence-electron chi connectivity index (χ1n) is 9.85. The summed E-state index contributed by atoms with van der Waals surface area (Å²) in [6, 6.07) is 0. The summed E-state index contributed by atoms with van der Waals surface area (Å²) in [5.74, 6) is 4.52. The van der Waals surface area contributed by atoms with Crippen LogP contribution in [0, 0.1) is 18.8 Å². The van der Waals surface area contributed by atoms with Gasteiger partial charge in [0, 0.05) is 27.2 Å². The van der Waals surface area contributed by atoms with E-state index in [1.54, 1.807) is 0 Å². The molecule has 7 heteroatoms. The molecule has 0 radical (unpaired) electrons. The molecule has 1 aromatic rings. The van der Waals surface area contributed by atoms with Crippen LogP contribution >= 0.6 is 24.0 Å². The van der Waals surface area contributed by atoms with Gasteiger partial charge in [0.15, 0.2) is 11.8 Å². The zero-order valence-corrected chi connectivity index (χ0v) is 19.5. The minimum absolute atomic E-state index is 0. The number of aliphatic imine (C=N–C) groups is 1. The Balaban J connectivity index is 0.00000338. The molecule has 2 rings (SSSR count). The number of hydrogen-bond acceptors (Lipinski definition) is 3. The number of unbranched alkanes of at least 4 members (excludes halogenated alkanes) is 1. The van der Waals surface area contributed by atoms with Gasteiger partial charge in [-0.2, -0.15) is 0 Å². The monoisotopic (exact) mass is 476 g/mol. The van der Waals surface area contributed by atoms with Gasteiger partial charge in [0.2, 0.25) is 0 Å². The summed E-state index contributed by atoms with van der Waals surface area (Å²) >= 11 is 0. The SMILES string of the molecule is CCCCNC(=NCc1nnc(C)n1C)N(C)CC1CCC(C)CC1.I. The highest BCUT2D eigenvalue weighted by molar-refractivity contribution is 14.0. The van der Waals surface area contributed by atoms with Gasteiger partial charge in [-0.05, 0) is 38.0 Å². The second kappa shape index (κ2) is 11.8. The minimum Gasteiger partial charge on any atom is -0.356 e. The van der Waals surface area contributed by atoms with E-state index in [1.165, 1.54) is 32.1 Å². The maximum atomic E-state index is 4.83. The van der Waals surface area contributed by atoms with Crippen molar-refractivity contribution in [3.05, 3.63) is 11.6 Å². The number of rotatable bonds is 7. The van der Waals surface area contributed by atoms with E-state index in [9.17, 15) is 0 Å². The average molecular weight is 476 g/mol. The second-order valence-electron chi connectivity index (χ2n) is 7.65. The van der Waals surface area contributed by atoms with Crippen LogP contribution in [0.4, 0.5) is 0 Å². The number of aromatic nitrogens is 3. The van der Waals surface area contributed by atoms with Crippen molar-refractivity contribution in [1.29, 1.82) is 0 Å². The van der Waals surface area contributed by atoms with Crippen molar-refractivity contribution in [3.8, 4) is 0 Å². The average Bonchev–Trinajstić information content (AvgIpc) is 2.92. The van der Waals surface area contributed by atoms with Crippen molar-refractivity contribution >= 4 is 29.9 Å². The molecular weight excluding hydrogens is 439 g/mol. The fourth-order valence-corrected chi connectivity index (χ4v) is 3.41. The van der Waals surface area contributed by atoms with Gasteiger partial charge >= 0.3 is 0 Å². The van der Waals surface area contributed by atoms with Crippen LogP contribution in [-0.4, -0.2) is 45.8 Å². The van der Waals surface area contributed by atoms with Gasteiger partial charge in [-0.25, -0.2) is 4.99 Å². The Labute approximate surface area is 176 Å². The van der Waals surface area contributed by atoms with Crippen molar-refractivity contribution in [3.63, 3.8) is 0 Å². The topological polar surface area (TPSA) is 58.3 Å². The molecule has 0 saturated heterocycles. The Morgan fingerprint density at radius 1 is 1.27 bits per heavy atom. The van der Waals surface area contributed by atoms with Crippen molar-refractivity contribution < 1.29 is 0 Å². The van der Waals surface area contributed by atoms with Gasteiger partial charge in [0.1, 0.15) is 12.4 Å². The Kier molecular flexibility index (Phi) is 10.5. The van der Waals surface area contributed by atoms with E-state index in [1.807, 2.05) is 18.5 Å². The Hall–Kier alpha value is -0.860. The summed E-state index contributed by atoms with van der Waals surface area (Å²) in [7, 11) is 4.16. The van der Waals surface area contributed by atoms with Crippen LogP contribution in [0.15, 0.2) is 4.99 Å². The van der Waals surface area contributed by atoms with Crippen molar-refractivity contribution in [2.45, 2.75) is 65.8 Å². The lowest BCUT2D eigenvalue weighted by Crippen LogP contribution is -2.42. The molecule has 0 atom stereocenters. The molecular formula is C19H37IN6. The van der Waals surface area contributed by atoms with Crippen molar-refractivity contribution in [2.75, 3.05) is 20.1 Å². The highest BCUT2D eigenvalue weighted by Gasteiger charge is 2.20. The molecule has 0 spiro atoms. The van der Waals surface area contributed by atoms with Gasteiger partial charge in [-0.15, -0.1) is 34.2 Å². The highest BCUT2D eigenvalue weighted by atomic mass is 127. The van der Waals surface area contributed by atoms with Gasteiger partial charge in [-0.1, -0.05) is 33.1 Å². The molecule has 0 aliphatic heterocycles. The molecule has 1 aromatic heterocycles. The first-order chi connectivity index (χ1) is 12.0. The van der Waals surface area contributed by atoms with Crippen LogP contribution < -0.4 is 5.32 Å². The molecule has 0 bridgehead atoms. The summed E-state index contributed by atoms with van der Waals surface area (Å²) < 4.78 is 2.01. The van der Waals surface area contributed by atoms with Gasteiger partial charge in [0.25, 0.3) is 0 Å². The third-order valence-electron chi connectivity index (χ3n) is 5.40. The zero-order valence-electron chi connectivity index (χ0n) is 17.2. The lowest BCUT2D eigenvalue weighted by molar-refractivity contribution is 0.250. The van der Waals surface area contributed by atoms with Crippen molar-refractivity contribution in [1.82, 2.24) is 25.0 Å². The van der Waals surface area contributed by atoms with E-state index in [0.717, 1.165) is 49.0 Å². The van der Waals surface area contributed by atoms with Crippen LogP contribution in [-0.2, 0) is 13.6 Å². The molecule has 1 N–H and O–H groups in total. The summed E-state index contributed by atoms with van der Waals surface area (Å²) in [5.41, 5.74) is 0. The number of nitrogens with zero attached hydrogens (tertiary/aromatic N) is 5. The maximum absolute atomic E-state index is 4.83. The van der Waals surface area contributed by atoms with Crippen LogP contribution in [0.2, 0.25) is 0 Å². The zero-order chi connectivity index (χ0) is 18.2. The fraction of sp³-hybridized carbons (Fsp3) is 0.842. The number of nitrogens with one attached hydrogen (secondary N) is 1. The van der Waals surface area contributed by atoms with E-state index in [0.29, 0.717) is 6.54 Å². The number of hydrogen-bond donors (Lipinski definition) is 1. The summed E-state index contributed by atoms with van der Waals surface area (Å²) in [6.45, 7) is 9.19. The molecule has 1 saturated carbocycles. The smallest absolute Gasteiger partial charge is 0.194 e. The van der Waals surface area contributed by atoms with E-state index in [2.05, 4.69) is 41.3 Å². The normalized spacial score (nSPS) is 20.6. The third-order valence-corrected chi connectivity index (χ3v) is 5.40. The molecule has 150 valence electrons. The first kappa shape index (κ1) is 23.2. The lowest BCUT2D eigenvalue weighted by atomic mass is 9.83. The number of halogens is 1. The Bertz CT molecular complexity index is 548. The molecule has 6 nitrogen and oxygen atoms in total. The fourth-order valence-electron chi connectivity index (χ4n) is 3.41. The molecule has 1 fully saturated rings. The molecule has 1 heterocycles. The summed E-state index contributed by atoms with van der Waals surface area (Å²) in [5, 5.41) is 11.9. The summed E-state index contributed by atoms with van der Waals surface area (Å²) in [4.78, 5) is 7.13. The van der Waals surface area contributed by atoms with Crippen LogP contribution in [0.5, 0.6) is 0 Å². The maximum Gasteiger partial charge on any atom is 0.194 e. The van der Waals surface area contributed by atoms with Gasteiger partial charge < -0.3 is 14.8 Å². The molecule has 0 unspecified atom stereocenters. The predicted molar refractivity (Wildman–Crippen MR) is 119 cm³/mol. The molecule has 1 aliphatic carbocycles. The number of guanidine groups is 1. The molecule has 0 amide bonds. The summed E-state index contributed by atoms with van der Waals surface area (Å²) in [6.07, 6.45) is 7.77. The minimum atomic E-state index is 0. The lowest BCUT2D eigenvalue weighted by Gasteiger charge is -2.31. The van der Waals surface area contributed by atoms with E-state index < -0.39 is 0 Å². The Morgan fingerprint density at radius 2 is 1.96 bits per heavy atom. The van der Waals surface area contributed by atoms with Gasteiger partial charge in [0.05, 0.1) is 0 Å². The predicted octanol–water partition coefficient (Wildman–Crippen LogP) is 3.75. The number of aryl methyl sites for hydroxylation is 1. The standard InChI is InChI=1S/C19H36N6.HI/c1-6-7-12-20-19(21-13-18-23-22-16(3)25(18)5)24(4)14-17-10-8-15(2)9-11-17;/h15,17H,6-14H2,1-5H3,(H,20,21);1H. The van der Waals surface area contributed by atoms with Crippen molar-refractivity contribution in [2.24, 2.45) is 23.9 Å². The third kappa shape index (κ3) is 7.04. The van der Waals surface area contributed by atoms with Gasteiger partial charge in [-0.3, -0.25) is 0 Å². The van der Waals surface area contributed by atoms with Crippen LogP contribution in [0.3, 0.4) is 0 Å². The molecule has 26 heavy (non-hydrogen) atoms. The molecule has 1 aliphatic rings.